The molecule has 0 unspecified atom stereocenters. The van der Waals surface area contributed by atoms with E-state index in [0.29, 0.717) is 11.2 Å². The van der Waals surface area contributed by atoms with Gasteiger partial charge in [0.2, 0.25) is 0 Å². The molecule has 1 aliphatic heterocycles. The number of carboxylic acids is 1. The standard InChI is InChI=1S/C15H20BNO5/c1-14(2)15(3,4)22-16(21-14)11-8-17-7-10(13(18)19)12(11)20-9-5-6-9/h7-9H,5-6H2,1-4H3,(H,18,19). The highest BCUT2D eigenvalue weighted by molar-refractivity contribution is 6.63. The molecule has 0 bridgehead atoms. The Bertz CT molecular complexity index is 596. The summed E-state index contributed by atoms with van der Waals surface area (Å²) in [6, 6.07) is 0. The fourth-order valence-corrected chi connectivity index (χ4v) is 2.24. The zero-order valence-electron chi connectivity index (χ0n) is 13.3. The number of aromatic carboxylic acids is 1. The molecule has 1 aromatic rings. The van der Waals surface area contributed by atoms with Gasteiger partial charge in [-0.1, -0.05) is 0 Å². The normalized spacial score (nSPS) is 22.6. The van der Waals surface area contributed by atoms with E-state index < -0.39 is 24.3 Å². The van der Waals surface area contributed by atoms with Crippen molar-refractivity contribution in [3.63, 3.8) is 0 Å². The van der Waals surface area contributed by atoms with Crippen LogP contribution >= 0.6 is 0 Å². The van der Waals surface area contributed by atoms with Crippen LogP contribution in [0.3, 0.4) is 0 Å². The first-order chi connectivity index (χ1) is 10.2. The van der Waals surface area contributed by atoms with E-state index in [1.54, 1.807) is 6.20 Å². The number of pyridine rings is 1. The SMILES string of the molecule is CC1(C)OB(c2cncc(C(=O)O)c2OC2CC2)OC1(C)C. The van der Waals surface area contributed by atoms with Crippen molar-refractivity contribution < 1.29 is 23.9 Å². The van der Waals surface area contributed by atoms with E-state index in [-0.39, 0.29) is 11.7 Å². The number of nitrogens with zero attached hydrogens (tertiary/aromatic N) is 1. The van der Waals surface area contributed by atoms with E-state index in [1.165, 1.54) is 6.20 Å². The molecule has 1 saturated carbocycles. The number of rotatable bonds is 4. The molecule has 6 nitrogen and oxygen atoms in total. The van der Waals surface area contributed by atoms with E-state index in [0.717, 1.165) is 12.8 Å². The first kappa shape index (κ1) is 15.3. The molecule has 0 aromatic carbocycles. The monoisotopic (exact) mass is 305 g/mol. The molecule has 0 atom stereocenters. The maximum atomic E-state index is 11.4. The van der Waals surface area contributed by atoms with Crippen LogP contribution in [0.4, 0.5) is 0 Å². The molecule has 118 valence electrons. The summed E-state index contributed by atoms with van der Waals surface area (Å²) in [6.45, 7) is 7.79. The summed E-state index contributed by atoms with van der Waals surface area (Å²) in [5.41, 5.74) is -0.439. The molecule has 1 aliphatic carbocycles. The second kappa shape index (κ2) is 4.96. The third-order valence-corrected chi connectivity index (χ3v) is 4.47. The molecule has 2 heterocycles. The van der Waals surface area contributed by atoms with Gasteiger partial charge in [-0.2, -0.15) is 0 Å². The summed E-state index contributed by atoms with van der Waals surface area (Å²) in [6.07, 6.45) is 4.80. The zero-order valence-corrected chi connectivity index (χ0v) is 13.3. The Hall–Kier alpha value is -1.60. The van der Waals surface area contributed by atoms with Crippen LogP contribution in [-0.4, -0.2) is 40.5 Å². The van der Waals surface area contributed by atoms with Crippen LogP contribution in [0.1, 0.15) is 50.9 Å². The van der Waals surface area contributed by atoms with E-state index in [1.807, 2.05) is 27.7 Å². The Morgan fingerprint density at radius 1 is 1.27 bits per heavy atom. The Morgan fingerprint density at radius 3 is 2.36 bits per heavy atom. The van der Waals surface area contributed by atoms with Crippen LogP contribution in [0.15, 0.2) is 12.4 Å². The van der Waals surface area contributed by atoms with Crippen molar-refractivity contribution in [3.05, 3.63) is 18.0 Å². The third kappa shape index (κ3) is 2.59. The number of ether oxygens (including phenoxy) is 1. The van der Waals surface area contributed by atoms with Crippen LogP contribution in [0.25, 0.3) is 0 Å². The predicted octanol–water partition coefficient (Wildman–Crippen LogP) is 1.62. The minimum Gasteiger partial charge on any atom is -0.490 e. The Kier molecular flexibility index (Phi) is 3.45. The van der Waals surface area contributed by atoms with Gasteiger partial charge < -0.3 is 19.2 Å². The van der Waals surface area contributed by atoms with Gasteiger partial charge in [-0.3, -0.25) is 4.98 Å². The van der Waals surface area contributed by atoms with Gasteiger partial charge in [0.25, 0.3) is 0 Å². The first-order valence-electron chi connectivity index (χ1n) is 7.45. The van der Waals surface area contributed by atoms with Gasteiger partial charge in [0, 0.05) is 17.9 Å². The smallest absolute Gasteiger partial charge is 0.490 e. The van der Waals surface area contributed by atoms with Crippen molar-refractivity contribution in [1.82, 2.24) is 4.98 Å². The number of hydrogen-bond acceptors (Lipinski definition) is 5. The Balaban J connectivity index is 2.00. The number of carboxylic acid groups (broad SMARTS) is 1. The van der Waals surface area contributed by atoms with Crippen LogP contribution in [0.2, 0.25) is 0 Å². The van der Waals surface area contributed by atoms with Gasteiger partial charge >= 0.3 is 13.1 Å². The number of hydrogen-bond donors (Lipinski definition) is 1. The molecule has 2 fully saturated rings. The molecule has 0 amide bonds. The topological polar surface area (TPSA) is 77.9 Å². The molecule has 22 heavy (non-hydrogen) atoms. The van der Waals surface area contributed by atoms with Gasteiger partial charge in [0.15, 0.2) is 0 Å². The second-order valence-electron chi connectivity index (χ2n) is 6.82. The summed E-state index contributed by atoms with van der Waals surface area (Å²) in [7, 11) is -0.689. The summed E-state index contributed by atoms with van der Waals surface area (Å²) in [4.78, 5) is 15.5. The maximum absolute atomic E-state index is 11.4. The van der Waals surface area contributed by atoms with Crippen LogP contribution in [-0.2, 0) is 9.31 Å². The van der Waals surface area contributed by atoms with Gasteiger partial charge in [0.05, 0.1) is 17.3 Å². The minimum absolute atomic E-state index is 0.0408. The molecule has 1 N–H and O–H groups in total. The van der Waals surface area contributed by atoms with Crippen LogP contribution in [0.5, 0.6) is 5.75 Å². The largest absolute Gasteiger partial charge is 0.500 e. The third-order valence-electron chi connectivity index (χ3n) is 4.47. The average molecular weight is 305 g/mol. The average Bonchev–Trinajstić information content (AvgIpc) is 3.17. The zero-order chi connectivity index (χ0) is 16.1. The van der Waals surface area contributed by atoms with Crippen molar-refractivity contribution in [1.29, 1.82) is 0 Å². The lowest BCUT2D eigenvalue weighted by molar-refractivity contribution is 0.00578. The van der Waals surface area contributed by atoms with E-state index >= 15 is 0 Å². The van der Waals surface area contributed by atoms with E-state index in [4.69, 9.17) is 14.0 Å². The van der Waals surface area contributed by atoms with E-state index in [2.05, 4.69) is 4.98 Å². The molecule has 1 saturated heterocycles. The van der Waals surface area contributed by atoms with Crippen molar-refractivity contribution in [2.75, 3.05) is 0 Å². The second-order valence-corrected chi connectivity index (χ2v) is 6.82. The molecule has 0 spiro atoms. The van der Waals surface area contributed by atoms with E-state index in [9.17, 15) is 9.90 Å². The Morgan fingerprint density at radius 2 is 1.86 bits per heavy atom. The first-order valence-corrected chi connectivity index (χ1v) is 7.45. The fraction of sp³-hybridized carbons (Fsp3) is 0.600. The number of carbonyl (C=O) groups is 1. The molecule has 1 aromatic heterocycles. The summed E-state index contributed by atoms with van der Waals surface area (Å²) in [5, 5.41) is 9.37. The van der Waals surface area contributed by atoms with Gasteiger partial charge in [-0.15, -0.1) is 0 Å². The molecule has 2 aliphatic rings. The maximum Gasteiger partial charge on any atom is 0.500 e. The lowest BCUT2D eigenvalue weighted by Crippen LogP contribution is -2.41. The van der Waals surface area contributed by atoms with Crippen LogP contribution in [0, 0.1) is 0 Å². The quantitative estimate of drug-likeness (QED) is 0.852. The highest BCUT2D eigenvalue weighted by atomic mass is 16.7. The summed E-state index contributed by atoms with van der Waals surface area (Å²) >= 11 is 0. The van der Waals surface area contributed by atoms with Crippen molar-refractivity contribution >= 4 is 18.6 Å². The van der Waals surface area contributed by atoms with Gasteiger partial charge in [0.1, 0.15) is 11.3 Å². The lowest BCUT2D eigenvalue weighted by Gasteiger charge is -2.32. The molecular formula is C15H20BNO5. The summed E-state index contributed by atoms with van der Waals surface area (Å²) in [5.74, 6) is -0.759. The highest BCUT2D eigenvalue weighted by Crippen LogP contribution is 2.38. The molecular weight excluding hydrogens is 285 g/mol. The Labute approximate surface area is 129 Å². The van der Waals surface area contributed by atoms with Crippen molar-refractivity contribution in [2.24, 2.45) is 0 Å². The molecule has 0 radical (unpaired) electrons. The predicted molar refractivity (Wildman–Crippen MR) is 80.6 cm³/mol. The highest BCUT2D eigenvalue weighted by Gasteiger charge is 2.53. The molecule has 7 heteroatoms. The van der Waals surface area contributed by atoms with Gasteiger partial charge in [-0.25, -0.2) is 4.79 Å². The number of aromatic nitrogens is 1. The van der Waals surface area contributed by atoms with Gasteiger partial charge in [-0.05, 0) is 40.5 Å². The van der Waals surface area contributed by atoms with Crippen LogP contribution < -0.4 is 10.2 Å². The summed E-state index contributed by atoms with van der Waals surface area (Å²) < 4.78 is 17.8. The minimum atomic E-state index is -1.07. The van der Waals surface area contributed by atoms with Crippen molar-refractivity contribution in [2.45, 2.75) is 57.8 Å². The lowest BCUT2D eigenvalue weighted by atomic mass is 9.78. The fourth-order valence-electron chi connectivity index (χ4n) is 2.24. The van der Waals surface area contributed by atoms with Crippen molar-refractivity contribution in [3.8, 4) is 5.75 Å². The molecule has 3 rings (SSSR count).